The van der Waals surface area contributed by atoms with Gasteiger partial charge in [-0.15, -0.1) is 0 Å². The van der Waals surface area contributed by atoms with E-state index in [1.54, 1.807) is 30.1 Å². The van der Waals surface area contributed by atoms with E-state index < -0.39 is 0 Å². The number of hydrogen-bond acceptors (Lipinski definition) is 3. The van der Waals surface area contributed by atoms with E-state index in [0.717, 1.165) is 6.42 Å². The summed E-state index contributed by atoms with van der Waals surface area (Å²) in [5.41, 5.74) is 0.383. The van der Waals surface area contributed by atoms with Crippen LogP contribution in [-0.2, 0) is 9.59 Å². The Balaban J connectivity index is 2.49. The monoisotopic (exact) mass is 345 g/mol. The van der Waals surface area contributed by atoms with Crippen molar-refractivity contribution in [3.05, 3.63) is 28.2 Å². The first kappa shape index (κ1) is 18.7. The highest BCUT2D eigenvalue weighted by molar-refractivity contribution is 6.39. The lowest BCUT2D eigenvalue weighted by molar-refractivity contribution is -0.123. The molecule has 1 unspecified atom stereocenters. The molecule has 0 heterocycles. The van der Waals surface area contributed by atoms with Gasteiger partial charge < -0.3 is 10.6 Å². The van der Waals surface area contributed by atoms with Gasteiger partial charge in [-0.05, 0) is 32.5 Å². The Kier molecular flexibility index (Phi) is 7.65. The third-order valence-electron chi connectivity index (χ3n) is 3.07. The van der Waals surface area contributed by atoms with E-state index in [2.05, 4.69) is 10.6 Å². The summed E-state index contributed by atoms with van der Waals surface area (Å²) < 4.78 is 0. The van der Waals surface area contributed by atoms with Crippen LogP contribution in [-0.4, -0.2) is 42.9 Å². The standard InChI is InChI=1S/C15H21Cl2N3O2/c1-4-10(2)18-13(21)8-20(3)9-14(22)19-15-11(16)6-5-7-12(15)17/h5-7,10H,4,8-9H2,1-3H3,(H,18,21)(H,19,22). The van der Waals surface area contributed by atoms with E-state index >= 15 is 0 Å². The number of likely N-dealkylation sites (N-methyl/N-ethyl adjacent to an activating group) is 1. The predicted octanol–water partition coefficient (Wildman–Crippen LogP) is 2.78. The molecule has 1 atom stereocenters. The fourth-order valence-corrected chi connectivity index (χ4v) is 2.26. The number of rotatable bonds is 7. The number of benzene rings is 1. The lowest BCUT2D eigenvalue weighted by atomic mass is 10.2. The summed E-state index contributed by atoms with van der Waals surface area (Å²) >= 11 is 12.0. The minimum absolute atomic E-state index is 0.0650. The van der Waals surface area contributed by atoms with Gasteiger partial charge in [0.2, 0.25) is 11.8 Å². The first-order valence-electron chi connectivity index (χ1n) is 7.05. The molecule has 0 spiro atoms. The molecule has 7 heteroatoms. The summed E-state index contributed by atoms with van der Waals surface area (Å²) in [5.74, 6) is -0.394. The second-order valence-corrected chi connectivity index (χ2v) is 6.01. The van der Waals surface area contributed by atoms with E-state index in [1.165, 1.54) is 0 Å². The third-order valence-corrected chi connectivity index (χ3v) is 3.70. The van der Waals surface area contributed by atoms with E-state index in [9.17, 15) is 9.59 Å². The molecule has 2 amide bonds. The van der Waals surface area contributed by atoms with Crippen molar-refractivity contribution in [3.63, 3.8) is 0 Å². The van der Waals surface area contributed by atoms with Crippen molar-refractivity contribution < 1.29 is 9.59 Å². The molecule has 1 aromatic rings. The Bertz CT molecular complexity index is 517. The minimum Gasteiger partial charge on any atom is -0.353 e. The van der Waals surface area contributed by atoms with Crippen molar-refractivity contribution in [1.82, 2.24) is 10.2 Å². The smallest absolute Gasteiger partial charge is 0.238 e. The van der Waals surface area contributed by atoms with E-state index in [4.69, 9.17) is 23.2 Å². The van der Waals surface area contributed by atoms with Gasteiger partial charge in [0.15, 0.2) is 0 Å². The number of anilines is 1. The predicted molar refractivity (Wildman–Crippen MR) is 90.5 cm³/mol. The molecule has 0 aliphatic heterocycles. The van der Waals surface area contributed by atoms with Crippen molar-refractivity contribution >= 4 is 40.7 Å². The highest BCUT2D eigenvalue weighted by Gasteiger charge is 2.14. The Morgan fingerprint density at radius 1 is 1.18 bits per heavy atom. The third kappa shape index (κ3) is 6.22. The molecule has 0 aromatic heterocycles. The zero-order valence-electron chi connectivity index (χ0n) is 13.0. The van der Waals surface area contributed by atoms with Gasteiger partial charge in [-0.1, -0.05) is 36.2 Å². The molecular formula is C15H21Cl2N3O2. The van der Waals surface area contributed by atoms with Crippen LogP contribution in [0.25, 0.3) is 0 Å². The van der Waals surface area contributed by atoms with Crippen LogP contribution in [0.2, 0.25) is 10.0 Å². The fraction of sp³-hybridized carbons (Fsp3) is 0.467. The quantitative estimate of drug-likeness (QED) is 0.798. The number of amides is 2. The van der Waals surface area contributed by atoms with Crippen LogP contribution in [0.5, 0.6) is 0 Å². The maximum atomic E-state index is 12.0. The van der Waals surface area contributed by atoms with Gasteiger partial charge in [0.25, 0.3) is 0 Å². The maximum absolute atomic E-state index is 12.0. The maximum Gasteiger partial charge on any atom is 0.238 e. The van der Waals surface area contributed by atoms with Crippen molar-refractivity contribution in [2.45, 2.75) is 26.3 Å². The molecule has 122 valence electrons. The molecule has 0 saturated heterocycles. The van der Waals surface area contributed by atoms with Crippen LogP contribution in [0.4, 0.5) is 5.69 Å². The molecule has 22 heavy (non-hydrogen) atoms. The number of nitrogens with zero attached hydrogens (tertiary/aromatic N) is 1. The van der Waals surface area contributed by atoms with Gasteiger partial charge in [-0.2, -0.15) is 0 Å². The Labute approximate surface area is 141 Å². The van der Waals surface area contributed by atoms with Crippen molar-refractivity contribution in [2.24, 2.45) is 0 Å². The van der Waals surface area contributed by atoms with Crippen LogP contribution in [0, 0.1) is 0 Å². The molecular weight excluding hydrogens is 325 g/mol. The van der Waals surface area contributed by atoms with Gasteiger partial charge in [0.1, 0.15) is 0 Å². The number of nitrogens with one attached hydrogen (secondary N) is 2. The summed E-state index contributed by atoms with van der Waals surface area (Å²) in [4.78, 5) is 25.4. The number of carbonyl (C=O) groups is 2. The summed E-state index contributed by atoms with van der Waals surface area (Å²) in [7, 11) is 1.70. The average Bonchev–Trinajstić information content (AvgIpc) is 2.42. The van der Waals surface area contributed by atoms with E-state index in [-0.39, 0.29) is 30.9 Å². The Hall–Kier alpha value is -1.30. The van der Waals surface area contributed by atoms with Crippen LogP contribution < -0.4 is 10.6 Å². The fourth-order valence-electron chi connectivity index (χ4n) is 1.76. The molecule has 0 aliphatic carbocycles. The normalized spacial score (nSPS) is 12.1. The highest BCUT2D eigenvalue weighted by Crippen LogP contribution is 2.29. The first-order chi connectivity index (χ1) is 10.3. The Morgan fingerprint density at radius 2 is 1.73 bits per heavy atom. The van der Waals surface area contributed by atoms with Gasteiger partial charge in [0, 0.05) is 6.04 Å². The molecule has 0 radical (unpaired) electrons. The average molecular weight is 346 g/mol. The molecule has 1 rings (SSSR count). The lowest BCUT2D eigenvalue weighted by Gasteiger charge is -2.18. The van der Waals surface area contributed by atoms with Crippen molar-refractivity contribution in [3.8, 4) is 0 Å². The summed E-state index contributed by atoms with van der Waals surface area (Å²) in [6, 6.07) is 5.11. The van der Waals surface area contributed by atoms with Gasteiger partial charge in [-0.3, -0.25) is 14.5 Å². The number of carbonyl (C=O) groups excluding carboxylic acids is 2. The molecule has 0 fully saturated rings. The Morgan fingerprint density at radius 3 is 2.27 bits per heavy atom. The summed E-state index contributed by atoms with van der Waals surface area (Å²) in [6.07, 6.45) is 0.862. The molecule has 2 N–H and O–H groups in total. The SMILES string of the molecule is CCC(C)NC(=O)CN(C)CC(=O)Nc1c(Cl)cccc1Cl. The van der Waals surface area contributed by atoms with Crippen LogP contribution >= 0.6 is 23.2 Å². The van der Waals surface area contributed by atoms with Crippen LogP contribution in [0.1, 0.15) is 20.3 Å². The van der Waals surface area contributed by atoms with E-state index in [1.807, 2.05) is 13.8 Å². The molecule has 0 bridgehead atoms. The summed E-state index contributed by atoms with van der Waals surface area (Å²) in [6.45, 7) is 4.14. The summed E-state index contributed by atoms with van der Waals surface area (Å²) in [5, 5.41) is 6.25. The molecule has 0 saturated carbocycles. The molecule has 5 nitrogen and oxygen atoms in total. The molecule has 1 aromatic carbocycles. The van der Waals surface area contributed by atoms with Gasteiger partial charge >= 0.3 is 0 Å². The number of hydrogen-bond donors (Lipinski definition) is 2. The zero-order valence-corrected chi connectivity index (χ0v) is 14.5. The highest BCUT2D eigenvalue weighted by atomic mass is 35.5. The topological polar surface area (TPSA) is 61.4 Å². The second-order valence-electron chi connectivity index (χ2n) is 5.19. The van der Waals surface area contributed by atoms with E-state index in [0.29, 0.717) is 15.7 Å². The van der Waals surface area contributed by atoms with Gasteiger partial charge in [0.05, 0.1) is 28.8 Å². The number of halogens is 2. The van der Waals surface area contributed by atoms with Crippen LogP contribution in [0.3, 0.4) is 0 Å². The lowest BCUT2D eigenvalue weighted by Crippen LogP contribution is -2.41. The van der Waals surface area contributed by atoms with Crippen molar-refractivity contribution in [2.75, 3.05) is 25.5 Å². The number of para-hydroxylation sites is 1. The minimum atomic E-state index is -0.283. The zero-order chi connectivity index (χ0) is 16.7. The van der Waals surface area contributed by atoms with Gasteiger partial charge in [-0.25, -0.2) is 0 Å². The van der Waals surface area contributed by atoms with Crippen LogP contribution in [0.15, 0.2) is 18.2 Å². The van der Waals surface area contributed by atoms with Crippen molar-refractivity contribution in [1.29, 1.82) is 0 Å². The largest absolute Gasteiger partial charge is 0.353 e. The first-order valence-corrected chi connectivity index (χ1v) is 7.80. The molecule has 0 aliphatic rings. The second kappa shape index (κ2) is 8.98.